The van der Waals surface area contributed by atoms with Crippen LogP contribution in [0.5, 0.6) is 0 Å². The molecule has 0 saturated heterocycles. The molecule has 0 unspecified atom stereocenters. The Balaban J connectivity index is 1.69. The van der Waals surface area contributed by atoms with Crippen molar-refractivity contribution in [1.82, 2.24) is 20.8 Å². The molecule has 1 aromatic carbocycles. The zero-order valence-electron chi connectivity index (χ0n) is 13.0. The van der Waals surface area contributed by atoms with E-state index in [1.807, 2.05) is 38.1 Å². The Hall–Kier alpha value is -2.48. The fourth-order valence-electron chi connectivity index (χ4n) is 1.72. The standard InChI is InChI=1S/C15H19N5O2S/c1-3-13-19-20-15(23-13)18-12(21)9-17-14(22)16-8-11-6-4-10(2)5-7-11/h4-7H,3,8-9H2,1-2H3,(H2,16,17,22)(H,18,20,21). The van der Waals surface area contributed by atoms with E-state index in [-0.39, 0.29) is 12.5 Å². The molecule has 7 nitrogen and oxygen atoms in total. The summed E-state index contributed by atoms with van der Waals surface area (Å²) in [7, 11) is 0. The number of carbonyl (C=O) groups is 2. The molecule has 1 aromatic heterocycles. The first-order valence-corrected chi connectivity index (χ1v) is 8.08. The van der Waals surface area contributed by atoms with Gasteiger partial charge in [0.15, 0.2) is 0 Å². The zero-order valence-corrected chi connectivity index (χ0v) is 13.9. The summed E-state index contributed by atoms with van der Waals surface area (Å²) < 4.78 is 0. The van der Waals surface area contributed by atoms with Crippen molar-refractivity contribution >= 4 is 28.4 Å². The highest BCUT2D eigenvalue weighted by Gasteiger charge is 2.08. The van der Waals surface area contributed by atoms with Crippen LogP contribution in [0.15, 0.2) is 24.3 Å². The summed E-state index contributed by atoms with van der Waals surface area (Å²) in [5, 5.41) is 16.8. The quantitative estimate of drug-likeness (QED) is 0.751. The molecule has 0 saturated carbocycles. The van der Waals surface area contributed by atoms with E-state index in [1.54, 1.807) is 0 Å². The maximum Gasteiger partial charge on any atom is 0.315 e. The average molecular weight is 333 g/mol. The van der Waals surface area contributed by atoms with Crippen LogP contribution >= 0.6 is 11.3 Å². The van der Waals surface area contributed by atoms with Gasteiger partial charge in [0.1, 0.15) is 5.01 Å². The number of urea groups is 1. The highest BCUT2D eigenvalue weighted by Crippen LogP contribution is 2.14. The van der Waals surface area contributed by atoms with E-state index in [1.165, 1.54) is 11.3 Å². The maximum absolute atomic E-state index is 11.7. The van der Waals surface area contributed by atoms with Gasteiger partial charge in [-0.25, -0.2) is 4.79 Å². The van der Waals surface area contributed by atoms with E-state index in [0.29, 0.717) is 11.7 Å². The predicted molar refractivity (Wildman–Crippen MR) is 89.3 cm³/mol. The number of rotatable bonds is 6. The SMILES string of the molecule is CCc1nnc(NC(=O)CNC(=O)NCc2ccc(C)cc2)s1. The summed E-state index contributed by atoms with van der Waals surface area (Å²) in [5.74, 6) is -0.339. The molecule has 0 spiro atoms. The van der Waals surface area contributed by atoms with Crippen LogP contribution in [0.4, 0.5) is 9.93 Å². The van der Waals surface area contributed by atoms with E-state index in [4.69, 9.17) is 0 Å². The second-order valence-electron chi connectivity index (χ2n) is 4.92. The van der Waals surface area contributed by atoms with Crippen LogP contribution in [0.25, 0.3) is 0 Å². The minimum Gasteiger partial charge on any atom is -0.334 e. The molecule has 122 valence electrons. The molecule has 0 radical (unpaired) electrons. The number of hydrogen-bond acceptors (Lipinski definition) is 5. The van der Waals surface area contributed by atoms with Crippen molar-refractivity contribution in [2.75, 3.05) is 11.9 Å². The number of aromatic nitrogens is 2. The first-order valence-electron chi connectivity index (χ1n) is 7.26. The second-order valence-corrected chi connectivity index (χ2v) is 5.99. The third-order valence-electron chi connectivity index (χ3n) is 3.00. The highest BCUT2D eigenvalue weighted by atomic mass is 32.1. The van der Waals surface area contributed by atoms with Crippen LogP contribution in [-0.4, -0.2) is 28.7 Å². The lowest BCUT2D eigenvalue weighted by molar-refractivity contribution is -0.115. The second kappa shape index (κ2) is 8.23. The Morgan fingerprint density at radius 3 is 2.52 bits per heavy atom. The highest BCUT2D eigenvalue weighted by molar-refractivity contribution is 7.15. The molecule has 2 rings (SSSR count). The number of amides is 3. The Morgan fingerprint density at radius 1 is 1.13 bits per heavy atom. The summed E-state index contributed by atoms with van der Waals surface area (Å²) in [6, 6.07) is 7.46. The first-order chi connectivity index (χ1) is 11.1. The van der Waals surface area contributed by atoms with Crippen LogP contribution < -0.4 is 16.0 Å². The molecule has 0 fully saturated rings. The van der Waals surface area contributed by atoms with Crippen LogP contribution in [0.3, 0.4) is 0 Å². The van der Waals surface area contributed by atoms with E-state index in [2.05, 4.69) is 26.1 Å². The van der Waals surface area contributed by atoms with Crippen LogP contribution in [0.2, 0.25) is 0 Å². The molecular weight excluding hydrogens is 314 g/mol. The smallest absolute Gasteiger partial charge is 0.315 e. The molecule has 23 heavy (non-hydrogen) atoms. The molecule has 0 atom stereocenters. The van der Waals surface area contributed by atoms with Gasteiger partial charge in [-0.2, -0.15) is 0 Å². The molecule has 3 amide bonds. The summed E-state index contributed by atoms with van der Waals surface area (Å²) in [6.45, 7) is 4.25. The van der Waals surface area contributed by atoms with Gasteiger partial charge in [-0.05, 0) is 18.9 Å². The molecule has 2 aromatic rings. The van der Waals surface area contributed by atoms with Gasteiger partial charge in [-0.15, -0.1) is 10.2 Å². The van der Waals surface area contributed by atoms with Gasteiger partial charge in [0, 0.05) is 6.54 Å². The minimum atomic E-state index is -0.396. The average Bonchev–Trinajstić information content (AvgIpc) is 3.00. The van der Waals surface area contributed by atoms with Crippen LogP contribution in [0, 0.1) is 6.92 Å². The van der Waals surface area contributed by atoms with Crippen molar-refractivity contribution in [2.45, 2.75) is 26.8 Å². The molecule has 8 heteroatoms. The van der Waals surface area contributed by atoms with Crippen molar-refractivity contribution in [3.63, 3.8) is 0 Å². The minimum absolute atomic E-state index is 0.124. The summed E-state index contributed by atoms with van der Waals surface area (Å²) in [4.78, 5) is 23.4. The van der Waals surface area contributed by atoms with Gasteiger partial charge in [-0.3, -0.25) is 10.1 Å². The van der Waals surface area contributed by atoms with Crippen molar-refractivity contribution in [2.24, 2.45) is 0 Å². The van der Waals surface area contributed by atoms with Gasteiger partial charge in [0.25, 0.3) is 0 Å². The van der Waals surface area contributed by atoms with Gasteiger partial charge >= 0.3 is 6.03 Å². The molecule has 0 bridgehead atoms. The van der Waals surface area contributed by atoms with Crippen molar-refractivity contribution in [3.05, 3.63) is 40.4 Å². The fraction of sp³-hybridized carbons (Fsp3) is 0.333. The van der Waals surface area contributed by atoms with Gasteiger partial charge in [0.05, 0.1) is 6.54 Å². The summed E-state index contributed by atoms with van der Waals surface area (Å²) in [5.41, 5.74) is 2.16. The van der Waals surface area contributed by atoms with Gasteiger partial charge in [-0.1, -0.05) is 48.1 Å². The number of nitrogens with one attached hydrogen (secondary N) is 3. The van der Waals surface area contributed by atoms with Gasteiger partial charge in [0.2, 0.25) is 11.0 Å². The van der Waals surface area contributed by atoms with E-state index in [9.17, 15) is 9.59 Å². The lowest BCUT2D eigenvalue weighted by Crippen LogP contribution is -2.39. The molecule has 1 heterocycles. The Labute approximate surface area is 138 Å². The van der Waals surface area contributed by atoms with Crippen molar-refractivity contribution in [1.29, 1.82) is 0 Å². The molecule has 0 aliphatic rings. The zero-order chi connectivity index (χ0) is 16.7. The fourth-order valence-corrected chi connectivity index (χ4v) is 2.42. The Kier molecular flexibility index (Phi) is 6.04. The predicted octanol–water partition coefficient (Wildman–Crippen LogP) is 1.85. The monoisotopic (exact) mass is 333 g/mol. The van der Waals surface area contributed by atoms with E-state index < -0.39 is 6.03 Å². The molecule has 0 aliphatic heterocycles. The van der Waals surface area contributed by atoms with Crippen LogP contribution in [-0.2, 0) is 17.8 Å². The van der Waals surface area contributed by atoms with E-state index >= 15 is 0 Å². The lowest BCUT2D eigenvalue weighted by Gasteiger charge is -2.07. The lowest BCUT2D eigenvalue weighted by atomic mass is 10.1. The Bertz CT molecular complexity index is 669. The third kappa shape index (κ3) is 5.67. The number of hydrogen-bond donors (Lipinski definition) is 3. The molecular formula is C15H19N5O2S. The Morgan fingerprint density at radius 2 is 1.87 bits per heavy atom. The number of carbonyl (C=O) groups excluding carboxylic acids is 2. The number of aryl methyl sites for hydroxylation is 2. The topological polar surface area (TPSA) is 96.0 Å². The van der Waals surface area contributed by atoms with Crippen LogP contribution in [0.1, 0.15) is 23.1 Å². The van der Waals surface area contributed by atoms with Crippen molar-refractivity contribution < 1.29 is 9.59 Å². The number of nitrogens with zero attached hydrogens (tertiary/aromatic N) is 2. The number of benzene rings is 1. The van der Waals surface area contributed by atoms with Gasteiger partial charge < -0.3 is 10.6 Å². The van der Waals surface area contributed by atoms with Crippen molar-refractivity contribution in [3.8, 4) is 0 Å². The molecule has 3 N–H and O–H groups in total. The normalized spacial score (nSPS) is 10.2. The number of anilines is 1. The summed E-state index contributed by atoms with van der Waals surface area (Å²) in [6.07, 6.45) is 0.771. The largest absolute Gasteiger partial charge is 0.334 e. The van der Waals surface area contributed by atoms with E-state index in [0.717, 1.165) is 22.6 Å². The maximum atomic E-state index is 11.7. The first kappa shape index (κ1) is 16.9. The molecule has 0 aliphatic carbocycles. The third-order valence-corrected chi connectivity index (χ3v) is 3.98. The summed E-state index contributed by atoms with van der Waals surface area (Å²) >= 11 is 1.32.